The predicted molar refractivity (Wildman–Crippen MR) is 329 cm³/mol. The van der Waals surface area contributed by atoms with Crippen molar-refractivity contribution < 1.29 is 28.6 Å². The van der Waals surface area contributed by atoms with Gasteiger partial charge in [0.05, 0.1) is 0 Å². The Morgan fingerprint density at radius 2 is 0.513 bits per heavy atom. The molecule has 0 spiro atoms. The molecule has 6 nitrogen and oxygen atoms in total. The number of rotatable bonds is 54. The average Bonchev–Trinajstić information content (AvgIpc) is 3.42. The molecule has 0 aliphatic heterocycles. The highest BCUT2D eigenvalue weighted by Crippen LogP contribution is 2.15. The largest absolute Gasteiger partial charge is 0.462 e. The Kier molecular flexibility index (Phi) is 58.9. The molecule has 1 unspecified atom stereocenters. The number of allylic oxidation sites excluding steroid dienone is 24. The highest BCUT2D eigenvalue weighted by Gasteiger charge is 2.19. The van der Waals surface area contributed by atoms with E-state index in [1.54, 1.807) is 0 Å². The van der Waals surface area contributed by atoms with Gasteiger partial charge in [-0.15, -0.1) is 0 Å². The lowest BCUT2D eigenvalue weighted by Crippen LogP contribution is -2.30. The molecule has 0 saturated heterocycles. The minimum atomic E-state index is -0.800. The summed E-state index contributed by atoms with van der Waals surface area (Å²) in [5, 5.41) is 0. The molecular weight excluding hydrogens is 937 g/mol. The summed E-state index contributed by atoms with van der Waals surface area (Å²) in [6.07, 6.45) is 90.2. The van der Waals surface area contributed by atoms with E-state index >= 15 is 0 Å². The molecule has 0 saturated carbocycles. The topological polar surface area (TPSA) is 78.9 Å². The smallest absolute Gasteiger partial charge is 0.306 e. The third-order valence-corrected chi connectivity index (χ3v) is 12.6. The number of unbranched alkanes of at least 4 members (excludes halogenated alkanes) is 19. The van der Waals surface area contributed by atoms with E-state index in [4.69, 9.17) is 14.2 Å². The molecule has 76 heavy (non-hydrogen) atoms. The lowest BCUT2D eigenvalue weighted by Gasteiger charge is -2.18. The first-order valence-electron chi connectivity index (χ1n) is 30.8. The van der Waals surface area contributed by atoms with Crippen LogP contribution in [0.3, 0.4) is 0 Å². The standard InChI is InChI=1S/C70H112O6/c1-4-7-10-13-16-18-20-22-24-26-28-30-32-34-35-37-38-40-42-44-46-48-50-52-54-57-60-63-69(72)75-66-67(65-74-68(71)62-59-56-15-12-9-6-3)76-70(73)64-61-58-55-53-51-49-47-45-43-41-39-36-33-31-29-27-25-23-21-19-17-14-11-8-5-2/h7-8,10-11,16-19,22-25,28-31,34-36,39,43,45,49,51,67H,4-6,9,12-15,20-21,26-27,32-33,37-38,40-42,44,46-48,50,52-66H2,1-3H3/b10-7-,11-8-,18-16-,19-17-,24-22-,25-23-,30-28-,31-29-,35-34-,39-36-,45-43-,51-49-. The SMILES string of the molecule is CC/C=C\C/C=C\C/C=C\C/C=C\C/C=C\C/C=C\C/C=C\CCCCCC(=O)OC(COC(=O)CCCCCCCC)COC(=O)CCCCCCCCCCCCC/C=C\C/C=C\C/C=C\C/C=C\C/C=C\CC. The van der Waals surface area contributed by atoms with Gasteiger partial charge in [0, 0.05) is 19.3 Å². The Hall–Kier alpha value is -4.71. The van der Waals surface area contributed by atoms with Crippen LogP contribution in [0.25, 0.3) is 0 Å². The van der Waals surface area contributed by atoms with Crippen molar-refractivity contribution in [1.29, 1.82) is 0 Å². The van der Waals surface area contributed by atoms with Crippen molar-refractivity contribution in [3.8, 4) is 0 Å². The number of esters is 3. The molecule has 0 bridgehead atoms. The molecule has 0 N–H and O–H groups in total. The summed E-state index contributed by atoms with van der Waals surface area (Å²) < 4.78 is 16.8. The van der Waals surface area contributed by atoms with Gasteiger partial charge in [0.15, 0.2) is 6.10 Å². The zero-order chi connectivity index (χ0) is 55.0. The van der Waals surface area contributed by atoms with Gasteiger partial charge < -0.3 is 14.2 Å². The first-order chi connectivity index (χ1) is 37.5. The van der Waals surface area contributed by atoms with Gasteiger partial charge in [0.1, 0.15) is 13.2 Å². The highest BCUT2D eigenvalue weighted by molar-refractivity contribution is 5.71. The van der Waals surface area contributed by atoms with E-state index < -0.39 is 6.10 Å². The first kappa shape index (κ1) is 71.3. The van der Waals surface area contributed by atoms with Crippen LogP contribution in [0.2, 0.25) is 0 Å². The quantitative estimate of drug-likeness (QED) is 0.0261. The first-order valence-corrected chi connectivity index (χ1v) is 30.8. The predicted octanol–water partition coefficient (Wildman–Crippen LogP) is 21.2. The Labute approximate surface area is 467 Å². The van der Waals surface area contributed by atoms with E-state index in [0.29, 0.717) is 12.8 Å². The fraction of sp³-hybridized carbons (Fsp3) is 0.614. The Balaban J connectivity index is 4.22. The van der Waals surface area contributed by atoms with Crippen molar-refractivity contribution in [2.45, 2.75) is 264 Å². The third-order valence-electron chi connectivity index (χ3n) is 12.6. The van der Waals surface area contributed by atoms with Crippen LogP contribution in [0.15, 0.2) is 146 Å². The number of carbonyl (C=O) groups is 3. The van der Waals surface area contributed by atoms with Crippen LogP contribution in [0, 0.1) is 0 Å². The molecular formula is C70H112O6. The van der Waals surface area contributed by atoms with Crippen molar-refractivity contribution in [2.75, 3.05) is 13.2 Å². The minimum absolute atomic E-state index is 0.0969. The summed E-state index contributed by atoms with van der Waals surface area (Å²) in [5.74, 6) is -0.946. The molecule has 0 aromatic heterocycles. The molecule has 0 fully saturated rings. The van der Waals surface area contributed by atoms with Crippen molar-refractivity contribution in [2.24, 2.45) is 0 Å². The Bertz CT molecular complexity index is 1680. The summed E-state index contributed by atoms with van der Waals surface area (Å²) in [4.78, 5) is 38.0. The average molecular weight is 1050 g/mol. The van der Waals surface area contributed by atoms with Crippen LogP contribution in [-0.2, 0) is 28.6 Å². The lowest BCUT2D eigenvalue weighted by molar-refractivity contribution is -0.167. The van der Waals surface area contributed by atoms with Gasteiger partial charge in [-0.2, -0.15) is 0 Å². The number of hydrogen-bond donors (Lipinski definition) is 0. The maximum Gasteiger partial charge on any atom is 0.306 e. The normalized spacial score (nSPS) is 13.1. The fourth-order valence-corrected chi connectivity index (χ4v) is 8.04. The van der Waals surface area contributed by atoms with Crippen molar-refractivity contribution in [3.05, 3.63) is 146 Å². The zero-order valence-electron chi connectivity index (χ0n) is 49.0. The number of hydrogen-bond acceptors (Lipinski definition) is 6. The van der Waals surface area contributed by atoms with Gasteiger partial charge in [-0.25, -0.2) is 0 Å². The number of ether oxygens (including phenoxy) is 3. The zero-order valence-corrected chi connectivity index (χ0v) is 49.0. The molecule has 428 valence electrons. The second-order valence-corrected chi connectivity index (χ2v) is 19.9. The summed E-state index contributed by atoms with van der Waals surface area (Å²) >= 11 is 0. The Morgan fingerprint density at radius 3 is 0.816 bits per heavy atom. The highest BCUT2D eigenvalue weighted by atomic mass is 16.6. The van der Waals surface area contributed by atoms with Crippen LogP contribution in [0.4, 0.5) is 0 Å². The Morgan fingerprint density at radius 1 is 0.276 bits per heavy atom. The fourth-order valence-electron chi connectivity index (χ4n) is 8.04. The molecule has 1 atom stereocenters. The summed E-state index contributed by atoms with van der Waals surface area (Å²) in [6, 6.07) is 0. The summed E-state index contributed by atoms with van der Waals surface area (Å²) in [7, 11) is 0. The van der Waals surface area contributed by atoms with E-state index in [1.807, 2.05) is 0 Å². The van der Waals surface area contributed by atoms with E-state index in [9.17, 15) is 14.4 Å². The van der Waals surface area contributed by atoms with Crippen molar-refractivity contribution in [3.63, 3.8) is 0 Å². The monoisotopic (exact) mass is 1050 g/mol. The minimum Gasteiger partial charge on any atom is -0.462 e. The maximum atomic E-state index is 12.8. The van der Waals surface area contributed by atoms with Crippen LogP contribution in [0.5, 0.6) is 0 Å². The molecule has 6 heteroatoms. The van der Waals surface area contributed by atoms with Crippen LogP contribution >= 0.6 is 0 Å². The summed E-state index contributed by atoms with van der Waals surface area (Å²) in [5.41, 5.74) is 0. The van der Waals surface area contributed by atoms with Gasteiger partial charge in [0.25, 0.3) is 0 Å². The molecule has 0 aromatic carbocycles. The van der Waals surface area contributed by atoms with Crippen molar-refractivity contribution >= 4 is 17.9 Å². The lowest BCUT2D eigenvalue weighted by atomic mass is 10.0. The van der Waals surface area contributed by atoms with Gasteiger partial charge in [-0.3, -0.25) is 14.4 Å². The van der Waals surface area contributed by atoms with Gasteiger partial charge in [-0.1, -0.05) is 263 Å². The van der Waals surface area contributed by atoms with Gasteiger partial charge in [-0.05, 0) is 122 Å². The van der Waals surface area contributed by atoms with Crippen molar-refractivity contribution in [1.82, 2.24) is 0 Å². The third kappa shape index (κ3) is 60.2. The van der Waals surface area contributed by atoms with Crippen LogP contribution in [0.1, 0.15) is 258 Å². The van der Waals surface area contributed by atoms with E-state index in [-0.39, 0.29) is 37.5 Å². The number of carbonyl (C=O) groups excluding carboxylic acids is 3. The molecule has 0 rings (SSSR count). The molecule has 0 aromatic rings. The molecule has 0 aliphatic rings. The van der Waals surface area contributed by atoms with Crippen LogP contribution in [-0.4, -0.2) is 37.2 Å². The summed E-state index contributed by atoms with van der Waals surface area (Å²) in [6.45, 7) is 6.32. The van der Waals surface area contributed by atoms with E-state index in [0.717, 1.165) is 141 Å². The van der Waals surface area contributed by atoms with E-state index in [1.165, 1.54) is 77.0 Å². The van der Waals surface area contributed by atoms with Crippen LogP contribution < -0.4 is 0 Å². The van der Waals surface area contributed by atoms with E-state index in [2.05, 4.69) is 167 Å². The van der Waals surface area contributed by atoms with Gasteiger partial charge >= 0.3 is 17.9 Å². The molecule has 0 aliphatic carbocycles. The molecule has 0 heterocycles. The second-order valence-electron chi connectivity index (χ2n) is 19.9. The van der Waals surface area contributed by atoms with Gasteiger partial charge in [0.2, 0.25) is 0 Å². The molecule has 0 amide bonds. The molecule has 0 radical (unpaired) electrons. The second kappa shape index (κ2) is 62.8. The maximum absolute atomic E-state index is 12.8.